The van der Waals surface area contributed by atoms with Crippen molar-refractivity contribution in [2.75, 3.05) is 4.90 Å². The van der Waals surface area contributed by atoms with Crippen molar-refractivity contribution in [2.45, 2.75) is 17.8 Å². The number of fused-ring (bicyclic) bond motifs is 16. The Hall–Kier alpha value is -7.00. The molecule has 59 heavy (non-hydrogen) atoms. The van der Waals surface area contributed by atoms with E-state index in [4.69, 9.17) is 0 Å². The minimum atomic E-state index is -0.448. The molecule has 3 aliphatic rings. The molecule has 0 amide bonds. The monoisotopic (exact) mass is 767 g/mol. The number of rotatable bonds is 4. The van der Waals surface area contributed by atoms with Crippen LogP contribution in [0.5, 0.6) is 0 Å². The predicted molar refractivity (Wildman–Crippen MR) is 248 cm³/mol. The molecular formula is C57H37NS. The Morgan fingerprint density at radius 2 is 0.831 bits per heavy atom. The smallest absolute Gasteiger partial charge is 0.0726 e. The second-order valence-corrected chi connectivity index (χ2v) is 17.5. The van der Waals surface area contributed by atoms with Gasteiger partial charge in [0.2, 0.25) is 0 Å². The van der Waals surface area contributed by atoms with Crippen molar-refractivity contribution < 1.29 is 0 Å². The van der Waals surface area contributed by atoms with Crippen LogP contribution in [0.15, 0.2) is 206 Å². The van der Waals surface area contributed by atoms with Crippen molar-refractivity contribution in [1.82, 2.24) is 0 Å². The zero-order valence-electron chi connectivity index (χ0n) is 32.5. The Kier molecular flexibility index (Phi) is 6.73. The largest absolute Gasteiger partial charge is 0.309 e. The first-order valence-electron chi connectivity index (χ1n) is 20.6. The summed E-state index contributed by atoms with van der Waals surface area (Å²) < 4.78 is 2.59. The van der Waals surface area contributed by atoms with Gasteiger partial charge in [0.25, 0.3) is 0 Å². The number of thiophene rings is 1. The van der Waals surface area contributed by atoms with Crippen LogP contribution in [0.2, 0.25) is 0 Å². The van der Waals surface area contributed by atoms with E-state index in [1.807, 2.05) is 11.3 Å². The molecule has 13 rings (SSSR count). The van der Waals surface area contributed by atoms with Gasteiger partial charge in [-0.05, 0) is 116 Å². The SMILES string of the molecule is CC1(c2ccc3sc4ccccc4c3c2N(c2ccccc2)c2ccc3c(c2)C2(c4ccccc4-c4ccccc42)c2ccccc2-3)c2ccccc2-c2ccccc21. The number of hydrogen-bond donors (Lipinski definition) is 0. The molecule has 2 heteroatoms. The van der Waals surface area contributed by atoms with Crippen LogP contribution in [0.1, 0.15) is 45.9 Å². The van der Waals surface area contributed by atoms with E-state index in [9.17, 15) is 0 Å². The van der Waals surface area contributed by atoms with Crippen LogP contribution in [0.3, 0.4) is 0 Å². The fourth-order valence-corrected chi connectivity index (χ4v) is 12.5. The van der Waals surface area contributed by atoms with Crippen molar-refractivity contribution in [3.8, 4) is 33.4 Å². The highest BCUT2D eigenvalue weighted by Crippen LogP contribution is 2.64. The summed E-state index contributed by atoms with van der Waals surface area (Å²) in [5.41, 5.74) is 19.9. The van der Waals surface area contributed by atoms with Crippen LogP contribution in [-0.2, 0) is 10.8 Å². The molecule has 276 valence electrons. The van der Waals surface area contributed by atoms with Crippen LogP contribution in [0.25, 0.3) is 53.6 Å². The molecule has 0 saturated carbocycles. The molecule has 0 radical (unpaired) electrons. The lowest BCUT2D eigenvalue weighted by molar-refractivity contribution is 0.715. The van der Waals surface area contributed by atoms with Crippen LogP contribution in [0, 0.1) is 0 Å². The summed E-state index contributed by atoms with van der Waals surface area (Å²) in [5.74, 6) is 0. The first-order valence-corrected chi connectivity index (χ1v) is 21.4. The normalized spacial score (nSPS) is 14.5. The van der Waals surface area contributed by atoms with Crippen molar-refractivity contribution in [3.05, 3.63) is 245 Å². The molecule has 1 aromatic heterocycles. The minimum absolute atomic E-state index is 0.426. The van der Waals surface area contributed by atoms with Gasteiger partial charge in [-0.25, -0.2) is 0 Å². The topological polar surface area (TPSA) is 3.24 Å². The predicted octanol–water partition coefficient (Wildman–Crippen LogP) is 15.2. The van der Waals surface area contributed by atoms with Gasteiger partial charge in [0.1, 0.15) is 0 Å². The Bertz CT molecular complexity index is 3260. The third-order valence-corrected chi connectivity index (χ3v) is 14.9. The first kappa shape index (κ1) is 33.0. The number of benzene rings is 9. The van der Waals surface area contributed by atoms with Crippen LogP contribution < -0.4 is 4.90 Å². The molecule has 1 heterocycles. The second kappa shape index (κ2) is 12.0. The maximum Gasteiger partial charge on any atom is 0.0726 e. The van der Waals surface area contributed by atoms with Crippen LogP contribution in [0.4, 0.5) is 17.1 Å². The summed E-state index contributed by atoms with van der Waals surface area (Å²) in [7, 11) is 0. The van der Waals surface area contributed by atoms with E-state index in [2.05, 4.69) is 218 Å². The van der Waals surface area contributed by atoms with Crippen molar-refractivity contribution >= 4 is 48.6 Å². The van der Waals surface area contributed by atoms with Crippen molar-refractivity contribution in [1.29, 1.82) is 0 Å². The Morgan fingerprint density at radius 1 is 0.356 bits per heavy atom. The van der Waals surface area contributed by atoms with E-state index in [1.54, 1.807) is 0 Å². The summed E-state index contributed by atoms with van der Waals surface area (Å²) in [5, 5.41) is 2.59. The maximum absolute atomic E-state index is 2.59. The molecule has 0 bridgehead atoms. The van der Waals surface area contributed by atoms with Gasteiger partial charge in [-0.3, -0.25) is 0 Å². The van der Waals surface area contributed by atoms with Crippen molar-refractivity contribution in [2.24, 2.45) is 0 Å². The highest BCUT2D eigenvalue weighted by Gasteiger charge is 2.52. The summed E-state index contributed by atoms with van der Waals surface area (Å²) in [6, 6.07) is 77.6. The van der Waals surface area contributed by atoms with Gasteiger partial charge < -0.3 is 4.90 Å². The lowest BCUT2D eigenvalue weighted by atomic mass is 9.70. The summed E-state index contributed by atoms with van der Waals surface area (Å²) in [4.78, 5) is 2.59. The molecule has 0 saturated heterocycles. The average molecular weight is 768 g/mol. The van der Waals surface area contributed by atoms with E-state index in [0.29, 0.717) is 0 Å². The van der Waals surface area contributed by atoms with E-state index in [0.717, 1.165) is 11.4 Å². The first-order chi connectivity index (χ1) is 29.2. The molecule has 1 spiro atoms. The van der Waals surface area contributed by atoms with Gasteiger partial charge in [0.15, 0.2) is 0 Å². The summed E-state index contributed by atoms with van der Waals surface area (Å²) in [6.45, 7) is 2.46. The zero-order chi connectivity index (χ0) is 38.9. The fourth-order valence-electron chi connectivity index (χ4n) is 11.4. The van der Waals surface area contributed by atoms with Crippen LogP contribution >= 0.6 is 11.3 Å². The Labute approximate surface area is 348 Å². The average Bonchev–Trinajstić information content (AvgIpc) is 4.00. The molecule has 0 aliphatic heterocycles. The highest BCUT2D eigenvalue weighted by atomic mass is 32.1. The quantitative estimate of drug-likeness (QED) is 0.172. The van der Waals surface area contributed by atoms with Gasteiger partial charge in [-0.2, -0.15) is 0 Å². The highest BCUT2D eigenvalue weighted by molar-refractivity contribution is 7.26. The lowest BCUT2D eigenvalue weighted by Gasteiger charge is -2.36. The molecular weight excluding hydrogens is 731 g/mol. The molecule has 10 aromatic rings. The number of para-hydroxylation sites is 1. The fraction of sp³-hybridized carbons (Fsp3) is 0.0526. The maximum atomic E-state index is 2.59. The Balaban J connectivity index is 1.16. The summed E-state index contributed by atoms with van der Waals surface area (Å²) in [6.07, 6.45) is 0. The van der Waals surface area contributed by atoms with E-state index < -0.39 is 10.8 Å². The number of hydrogen-bond acceptors (Lipinski definition) is 2. The molecule has 0 fully saturated rings. The van der Waals surface area contributed by atoms with Gasteiger partial charge >= 0.3 is 0 Å². The molecule has 0 atom stereocenters. The third kappa shape index (κ3) is 4.19. The van der Waals surface area contributed by atoms with E-state index in [1.165, 1.54) is 98.2 Å². The molecule has 1 nitrogen and oxygen atoms in total. The minimum Gasteiger partial charge on any atom is -0.309 e. The van der Waals surface area contributed by atoms with Gasteiger partial charge in [0, 0.05) is 37.0 Å². The van der Waals surface area contributed by atoms with Crippen LogP contribution in [-0.4, -0.2) is 0 Å². The molecule has 0 N–H and O–H groups in total. The van der Waals surface area contributed by atoms with Crippen molar-refractivity contribution in [3.63, 3.8) is 0 Å². The third-order valence-electron chi connectivity index (χ3n) is 13.8. The molecule has 3 aliphatic carbocycles. The van der Waals surface area contributed by atoms with E-state index in [-0.39, 0.29) is 0 Å². The molecule has 9 aromatic carbocycles. The molecule has 0 unspecified atom stereocenters. The van der Waals surface area contributed by atoms with Gasteiger partial charge in [-0.1, -0.05) is 170 Å². The number of nitrogens with zero attached hydrogens (tertiary/aromatic N) is 1. The Morgan fingerprint density at radius 3 is 1.42 bits per heavy atom. The van der Waals surface area contributed by atoms with Gasteiger partial charge in [0.05, 0.1) is 11.1 Å². The number of anilines is 3. The zero-order valence-corrected chi connectivity index (χ0v) is 33.3. The standard InChI is InChI=1S/C57H37NS/c1-56(45-25-11-5-19-38(45)39-20-6-12-26-46(39)56)50-33-34-53-54(44-24-10-16-30-52(44)59-53)55(50)58(36-17-3-2-4-18-36)37-31-32-43-42-23-9-15-29-49(42)57(51(43)35-37)47-27-13-7-21-40(47)41-22-8-14-28-48(41)57/h2-35H,1H3. The van der Waals surface area contributed by atoms with Gasteiger partial charge in [-0.15, -0.1) is 11.3 Å². The second-order valence-electron chi connectivity index (χ2n) is 16.4. The lowest BCUT2D eigenvalue weighted by Crippen LogP contribution is -2.27. The summed E-state index contributed by atoms with van der Waals surface area (Å²) >= 11 is 1.89. The van der Waals surface area contributed by atoms with E-state index >= 15 is 0 Å².